The van der Waals surface area contributed by atoms with Gasteiger partial charge in [0.15, 0.2) is 0 Å². The molecule has 0 saturated carbocycles. The van der Waals surface area contributed by atoms with Crippen LogP contribution in [0.3, 0.4) is 0 Å². The third-order valence-electron chi connectivity index (χ3n) is 4.73. The number of hydrogen-bond acceptors (Lipinski definition) is 0. The topological polar surface area (TPSA) is 0 Å². The van der Waals surface area contributed by atoms with E-state index in [-0.39, 0.29) is 0 Å². The van der Waals surface area contributed by atoms with Crippen LogP contribution >= 0.6 is 0 Å². The van der Waals surface area contributed by atoms with Gasteiger partial charge in [0.1, 0.15) is 0 Å². The van der Waals surface area contributed by atoms with Crippen LogP contribution in [-0.2, 0) is 5.41 Å². The lowest BCUT2D eigenvalue weighted by molar-refractivity contribution is -0.288. The Bertz CT molecular complexity index is 716. The van der Waals surface area contributed by atoms with E-state index in [1.54, 1.807) is 13.8 Å². The van der Waals surface area contributed by atoms with Crippen molar-refractivity contribution in [2.24, 2.45) is 0 Å². The van der Waals surface area contributed by atoms with E-state index >= 15 is 0 Å². The predicted molar refractivity (Wildman–Crippen MR) is 84.7 cm³/mol. The summed E-state index contributed by atoms with van der Waals surface area (Å²) >= 11 is 0. The maximum absolute atomic E-state index is 14.0. The van der Waals surface area contributed by atoms with Crippen molar-refractivity contribution in [3.8, 4) is 0 Å². The Hall–Kier alpha value is -1.98. The summed E-state index contributed by atoms with van der Waals surface area (Å²) in [7, 11) is 0. The molecule has 0 nitrogen and oxygen atoms in total. The Morgan fingerprint density at radius 2 is 0.840 bits per heavy atom. The molecule has 0 aromatic heterocycles. The number of benzene rings is 2. The number of halogens is 6. The number of alkyl halides is 6. The van der Waals surface area contributed by atoms with Crippen molar-refractivity contribution in [1.82, 2.24) is 0 Å². The SMILES string of the molecule is Cc1ccc(C(c2ccc(C)c(C)c2)(C(F)(F)F)C(F)(F)F)cc1C. The largest absolute Gasteiger partial charge is 0.411 e. The van der Waals surface area contributed by atoms with Crippen LogP contribution in [0.2, 0.25) is 0 Å². The standard InChI is InChI=1S/C19H18F6/c1-11-5-7-15(9-13(11)3)17(18(20,21)22,19(23,24)25)16-8-6-12(2)14(4)10-16/h5-10H,1-4H3. The molecule has 0 atom stereocenters. The van der Waals surface area contributed by atoms with Gasteiger partial charge in [-0.05, 0) is 61.1 Å². The summed E-state index contributed by atoms with van der Waals surface area (Å²) in [4.78, 5) is 0. The zero-order chi connectivity index (χ0) is 19.2. The summed E-state index contributed by atoms with van der Waals surface area (Å²) in [5.74, 6) is 0. The number of aryl methyl sites for hydroxylation is 4. The maximum Gasteiger partial charge on any atom is 0.411 e. The fraction of sp³-hybridized carbons (Fsp3) is 0.368. The first-order chi connectivity index (χ1) is 11.3. The second kappa shape index (κ2) is 6.07. The van der Waals surface area contributed by atoms with E-state index in [4.69, 9.17) is 0 Å². The fourth-order valence-electron chi connectivity index (χ4n) is 2.93. The molecule has 25 heavy (non-hydrogen) atoms. The zero-order valence-corrected chi connectivity index (χ0v) is 14.2. The number of rotatable bonds is 2. The van der Waals surface area contributed by atoms with Gasteiger partial charge in [-0.2, -0.15) is 26.3 Å². The molecule has 0 bridgehead atoms. The Kier molecular flexibility index (Phi) is 4.70. The minimum atomic E-state index is -5.55. The van der Waals surface area contributed by atoms with Crippen LogP contribution in [0, 0.1) is 27.7 Å². The summed E-state index contributed by atoms with van der Waals surface area (Å²) in [6.07, 6.45) is -11.1. The highest BCUT2D eigenvalue weighted by atomic mass is 19.4. The molecule has 2 aromatic rings. The average molecular weight is 360 g/mol. The van der Waals surface area contributed by atoms with E-state index in [0.29, 0.717) is 22.3 Å². The van der Waals surface area contributed by atoms with Crippen molar-refractivity contribution in [2.45, 2.75) is 45.5 Å². The van der Waals surface area contributed by atoms with E-state index < -0.39 is 28.9 Å². The lowest BCUT2D eigenvalue weighted by Gasteiger charge is -2.38. The highest BCUT2D eigenvalue weighted by Gasteiger charge is 2.72. The Morgan fingerprint density at radius 1 is 0.520 bits per heavy atom. The third-order valence-corrected chi connectivity index (χ3v) is 4.73. The lowest BCUT2D eigenvalue weighted by atomic mass is 9.71. The van der Waals surface area contributed by atoms with Crippen LogP contribution in [0.5, 0.6) is 0 Å². The van der Waals surface area contributed by atoms with Crippen LogP contribution in [-0.4, -0.2) is 12.4 Å². The summed E-state index contributed by atoms with van der Waals surface area (Å²) < 4.78 is 83.9. The molecule has 0 heterocycles. The first-order valence-electron chi connectivity index (χ1n) is 7.61. The Labute approximate surface area is 142 Å². The molecule has 0 aliphatic rings. The molecule has 0 radical (unpaired) electrons. The van der Waals surface area contributed by atoms with Crippen LogP contribution in [0.1, 0.15) is 33.4 Å². The maximum atomic E-state index is 14.0. The van der Waals surface area contributed by atoms with Crippen LogP contribution in [0.25, 0.3) is 0 Å². The zero-order valence-electron chi connectivity index (χ0n) is 14.2. The minimum Gasteiger partial charge on any atom is -0.169 e. The van der Waals surface area contributed by atoms with Crippen molar-refractivity contribution < 1.29 is 26.3 Å². The summed E-state index contributed by atoms with van der Waals surface area (Å²) in [6, 6.07) is 6.36. The fourth-order valence-corrected chi connectivity index (χ4v) is 2.93. The molecular formula is C19H18F6. The predicted octanol–water partition coefficient (Wildman–Crippen LogP) is 6.33. The molecule has 6 heteroatoms. The quantitative estimate of drug-likeness (QED) is 0.549. The van der Waals surface area contributed by atoms with Crippen molar-refractivity contribution >= 4 is 0 Å². The first-order valence-corrected chi connectivity index (χ1v) is 7.61. The van der Waals surface area contributed by atoms with Gasteiger partial charge in [0.05, 0.1) is 0 Å². The highest BCUT2D eigenvalue weighted by molar-refractivity contribution is 5.48. The molecule has 136 valence electrons. The molecule has 0 aliphatic carbocycles. The van der Waals surface area contributed by atoms with Crippen molar-refractivity contribution in [3.05, 3.63) is 69.8 Å². The molecule has 0 unspecified atom stereocenters. The molecule has 2 rings (SSSR count). The van der Waals surface area contributed by atoms with Crippen molar-refractivity contribution in [3.63, 3.8) is 0 Å². The highest BCUT2D eigenvalue weighted by Crippen LogP contribution is 2.56. The van der Waals surface area contributed by atoms with Gasteiger partial charge in [-0.3, -0.25) is 0 Å². The second-order valence-corrected chi connectivity index (χ2v) is 6.34. The van der Waals surface area contributed by atoms with Gasteiger partial charge in [-0.15, -0.1) is 0 Å². The average Bonchev–Trinajstić information content (AvgIpc) is 2.44. The number of hydrogen-bond donors (Lipinski definition) is 0. The van der Waals surface area contributed by atoms with Gasteiger partial charge in [0.25, 0.3) is 0 Å². The smallest absolute Gasteiger partial charge is 0.169 e. The first kappa shape index (κ1) is 19.3. The molecule has 0 amide bonds. The summed E-state index contributed by atoms with van der Waals surface area (Å²) in [5.41, 5.74) is -3.71. The monoisotopic (exact) mass is 360 g/mol. The Morgan fingerprint density at radius 3 is 1.08 bits per heavy atom. The minimum absolute atomic E-state index is 0.374. The molecule has 0 saturated heterocycles. The third kappa shape index (κ3) is 3.02. The molecule has 2 aromatic carbocycles. The van der Waals surface area contributed by atoms with Gasteiger partial charge in [0.2, 0.25) is 5.41 Å². The lowest BCUT2D eigenvalue weighted by Crippen LogP contribution is -2.54. The van der Waals surface area contributed by atoms with E-state index in [2.05, 4.69) is 0 Å². The molecule has 0 spiro atoms. The van der Waals surface area contributed by atoms with Crippen molar-refractivity contribution in [1.29, 1.82) is 0 Å². The normalized spacial score (nSPS) is 13.2. The summed E-state index contributed by atoms with van der Waals surface area (Å²) in [5, 5.41) is 0. The molecule has 0 aliphatic heterocycles. The molecular weight excluding hydrogens is 342 g/mol. The van der Waals surface area contributed by atoms with Crippen LogP contribution in [0.15, 0.2) is 36.4 Å². The van der Waals surface area contributed by atoms with Gasteiger partial charge in [-0.25, -0.2) is 0 Å². The van der Waals surface area contributed by atoms with E-state index in [1.165, 1.54) is 26.0 Å². The molecule has 0 N–H and O–H groups in total. The van der Waals surface area contributed by atoms with Crippen LogP contribution in [0.4, 0.5) is 26.3 Å². The van der Waals surface area contributed by atoms with Gasteiger partial charge in [-0.1, -0.05) is 36.4 Å². The second-order valence-electron chi connectivity index (χ2n) is 6.34. The van der Waals surface area contributed by atoms with Crippen molar-refractivity contribution in [2.75, 3.05) is 0 Å². The van der Waals surface area contributed by atoms with E-state index in [1.807, 2.05) is 0 Å². The van der Waals surface area contributed by atoms with Gasteiger partial charge >= 0.3 is 12.4 Å². The molecule has 0 fully saturated rings. The van der Waals surface area contributed by atoms with E-state index in [0.717, 1.165) is 24.3 Å². The van der Waals surface area contributed by atoms with E-state index in [9.17, 15) is 26.3 Å². The van der Waals surface area contributed by atoms with Gasteiger partial charge in [0, 0.05) is 0 Å². The van der Waals surface area contributed by atoms with Gasteiger partial charge < -0.3 is 0 Å². The summed E-state index contributed by atoms with van der Waals surface area (Å²) in [6.45, 7) is 6.27. The van der Waals surface area contributed by atoms with Crippen LogP contribution < -0.4 is 0 Å². The Balaban J connectivity index is 2.96.